The van der Waals surface area contributed by atoms with Crippen LogP contribution in [0.1, 0.15) is 33.6 Å². The van der Waals surface area contributed by atoms with Crippen molar-refractivity contribution >= 4 is 6.09 Å². The lowest BCUT2D eigenvalue weighted by molar-refractivity contribution is 0.0447. The number of piperidine rings is 1. The van der Waals surface area contributed by atoms with E-state index in [4.69, 9.17) is 10.00 Å². The van der Waals surface area contributed by atoms with Crippen LogP contribution >= 0.6 is 0 Å². The van der Waals surface area contributed by atoms with Gasteiger partial charge in [-0.15, -0.1) is 0 Å². The molecule has 0 aliphatic carbocycles. The molecule has 1 saturated heterocycles. The molecule has 1 fully saturated rings. The number of carbonyl (C=O) groups excluding carboxylic acids is 1. The van der Waals surface area contributed by atoms with Gasteiger partial charge in [0.05, 0.1) is 6.07 Å². The van der Waals surface area contributed by atoms with Crippen LogP contribution in [0.25, 0.3) is 0 Å². The number of nitriles is 1. The van der Waals surface area contributed by atoms with Crippen LogP contribution in [0.4, 0.5) is 4.79 Å². The zero-order valence-electron chi connectivity index (χ0n) is 11.7. The van der Waals surface area contributed by atoms with Crippen LogP contribution in [0.5, 0.6) is 0 Å². The predicted molar refractivity (Wildman–Crippen MR) is 69.0 cm³/mol. The van der Waals surface area contributed by atoms with Crippen molar-refractivity contribution in [3.8, 4) is 6.07 Å². The minimum atomic E-state index is -0.486. The molecule has 1 amide bonds. The lowest BCUT2D eigenvalue weighted by Crippen LogP contribution is -2.50. The SMILES string of the molecule is CN1CCC(NC(=O)OC(C)(C)C)C(CC#N)C1. The number of likely N-dealkylation sites (tertiary alicyclic amines) is 1. The van der Waals surface area contributed by atoms with Crippen LogP contribution in [0, 0.1) is 17.2 Å². The quantitative estimate of drug-likeness (QED) is 0.814. The summed E-state index contributed by atoms with van der Waals surface area (Å²) in [7, 11) is 2.04. The van der Waals surface area contributed by atoms with Gasteiger partial charge in [0.1, 0.15) is 5.60 Å². The van der Waals surface area contributed by atoms with Crippen LogP contribution in [0.15, 0.2) is 0 Å². The highest BCUT2D eigenvalue weighted by atomic mass is 16.6. The molecule has 0 spiro atoms. The minimum Gasteiger partial charge on any atom is -0.444 e. The highest BCUT2D eigenvalue weighted by Gasteiger charge is 2.30. The Morgan fingerprint density at radius 2 is 2.22 bits per heavy atom. The van der Waals surface area contributed by atoms with Crippen LogP contribution in [0.3, 0.4) is 0 Å². The Kier molecular flexibility index (Phi) is 4.97. The average molecular weight is 253 g/mol. The number of nitrogens with one attached hydrogen (secondary N) is 1. The summed E-state index contributed by atoms with van der Waals surface area (Å²) in [6.07, 6.45) is 0.937. The van der Waals surface area contributed by atoms with Gasteiger partial charge in [0.15, 0.2) is 0 Å². The number of nitrogens with zero attached hydrogens (tertiary/aromatic N) is 2. The van der Waals surface area contributed by atoms with E-state index in [0.717, 1.165) is 19.5 Å². The zero-order valence-corrected chi connectivity index (χ0v) is 11.7. The highest BCUT2D eigenvalue weighted by Crippen LogP contribution is 2.19. The third-order valence-corrected chi connectivity index (χ3v) is 2.99. The predicted octanol–water partition coefficient (Wildman–Crippen LogP) is 1.75. The first-order chi connectivity index (χ1) is 8.31. The molecule has 0 aromatic heterocycles. The van der Waals surface area contributed by atoms with Crippen molar-refractivity contribution in [1.82, 2.24) is 10.2 Å². The van der Waals surface area contributed by atoms with Crippen molar-refractivity contribution in [2.75, 3.05) is 20.1 Å². The second-order valence-corrected chi connectivity index (χ2v) is 5.93. The van der Waals surface area contributed by atoms with E-state index in [1.807, 2.05) is 27.8 Å². The molecule has 0 bridgehead atoms. The van der Waals surface area contributed by atoms with Crippen LogP contribution in [0.2, 0.25) is 0 Å². The van der Waals surface area contributed by atoms with Gasteiger partial charge in [-0.3, -0.25) is 0 Å². The van der Waals surface area contributed by atoms with Gasteiger partial charge in [-0.2, -0.15) is 5.26 Å². The van der Waals surface area contributed by atoms with E-state index in [2.05, 4.69) is 16.3 Å². The van der Waals surface area contributed by atoms with Crippen molar-refractivity contribution in [2.24, 2.45) is 5.92 Å². The van der Waals surface area contributed by atoms with Gasteiger partial charge in [-0.1, -0.05) is 0 Å². The van der Waals surface area contributed by atoms with Gasteiger partial charge < -0.3 is 15.0 Å². The first-order valence-corrected chi connectivity index (χ1v) is 6.37. The van der Waals surface area contributed by atoms with Crippen molar-refractivity contribution in [3.05, 3.63) is 0 Å². The summed E-state index contributed by atoms with van der Waals surface area (Å²) in [6.45, 7) is 7.30. The first kappa shape index (κ1) is 14.8. The fourth-order valence-corrected chi connectivity index (χ4v) is 2.19. The number of alkyl carbamates (subject to hydrolysis) is 1. The summed E-state index contributed by atoms with van der Waals surface area (Å²) in [6, 6.07) is 2.23. The fraction of sp³-hybridized carbons (Fsp3) is 0.846. The molecule has 0 aromatic rings. The van der Waals surface area contributed by atoms with E-state index < -0.39 is 5.60 Å². The van der Waals surface area contributed by atoms with Gasteiger partial charge in [0.25, 0.3) is 0 Å². The van der Waals surface area contributed by atoms with Gasteiger partial charge in [0, 0.05) is 24.9 Å². The molecule has 2 atom stereocenters. The maximum Gasteiger partial charge on any atom is 0.407 e. The van der Waals surface area contributed by atoms with Gasteiger partial charge in [0.2, 0.25) is 0 Å². The summed E-state index contributed by atoms with van der Waals surface area (Å²) in [5.41, 5.74) is -0.486. The standard InChI is InChI=1S/C13H23N3O2/c1-13(2,3)18-12(17)15-11-6-8-16(4)9-10(11)5-7-14/h10-11H,5-6,8-9H2,1-4H3,(H,15,17). The number of hydrogen-bond donors (Lipinski definition) is 1. The van der Waals surface area contributed by atoms with Gasteiger partial charge in [-0.05, 0) is 40.8 Å². The Balaban J connectivity index is 2.53. The van der Waals surface area contributed by atoms with Gasteiger partial charge >= 0.3 is 6.09 Å². The molecule has 5 heteroatoms. The first-order valence-electron chi connectivity index (χ1n) is 6.37. The second-order valence-electron chi connectivity index (χ2n) is 5.93. The van der Waals surface area contributed by atoms with E-state index in [1.165, 1.54) is 0 Å². The summed E-state index contributed by atoms with van der Waals surface area (Å²) in [5, 5.41) is 11.7. The Hall–Kier alpha value is -1.28. The summed E-state index contributed by atoms with van der Waals surface area (Å²) < 4.78 is 5.25. The van der Waals surface area contributed by atoms with E-state index >= 15 is 0 Å². The van der Waals surface area contributed by atoms with E-state index in [-0.39, 0.29) is 18.1 Å². The largest absolute Gasteiger partial charge is 0.444 e. The molecule has 1 aliphatic heterocycles. The lowest BCUT2D eigenvalue weighted by atomic mass is 9.90. The number of rotatable bonds is 2. The number of ether oxygens (including phenoxy) is 1. The molecule has 0 saturated carbocycles. The molecule has 1 heterocycles. The molecule has 1 rings (SSSR count). The molecule has 2 unspecified atom stereocenters. The topological polar surface area (TPSA) is 65.4 Å². The van der Waals surface area contributed by atoms with E-state index in [1.54, 1.807) is 0 Å². The molecular weight excluding hydrogens is 230 g/mol. The molecule has 0 radical (unpaired) electrons. The van der Waals surface area contributed by atoms with Crippen molar-refractivity contribution < 1.29 is 9.53 Å². The van der Waals surface area contributed by atoms with Gasteiger partial charge in [-0.25, -0.2) is 4.79 Å². The maximum absolute atomic E-state index is 11.7. The Morgan fingerprint density at radius 1 is 1.56 bits per heavy atom. The lowest BCUT2D eigenvalue weighted by Gasteiger charge is -2.36. The van der Waals surface area contributed by atoms with Crippen LogP contribution in [-0.4, -0.2) is 42.8 Å². The zero-order chi connectivity index (χ0) is 13.8. The number of amides is 1. The Labute approximate surface area is 109 Å². The second kappa shape index (κ2) is 6.05. The van der Waals surface area contributed by atoms with Crippen molar-refractivity contribution in [3.63, 3.8) is 0 Å². The van der Waals surface area contributed by atoms with E-state index in [9.17, 15) is 4.79 Å². The summed E-state index contributed by atoms with van der Waals surface area (Å²) in [4.78, 5) is 13.9. The Bertz CT molecular complexity index is 330. The molecule has 1 aliphatic rings. The van der Waals surface area contributed by atoms with Crippen molar-refractivity contribution in [1.29, 1.82) is 5.26 Å². The van der Waals surface area contributed by atoms with Crippen LogP contribution < -0.4 is 5.32 Å². The normalized spacial score (nSPS) is 25.3. The van der Waals surface area contributed by atoms with Crippen LogP contribution in [-0.2, 0) is 4.74 Å². The maximum atomic E-state index is 11.7. The molecular formula is C13H23N3O2. The third-order valence-electron chi connectivity index (χ3n) is 2.99. The number of hydrogen-bond acceptors (Lipinski definition) is 4. The molecule has 102 valence electrons. The highest BCUT2D eigenvalue weighted by molar-refractivity contribution is 5.68. The average Bonchev–Trinajstić information content (AvgIpc) is 2.20. The number of carbonyl (C=O) groups is 1. The monoisotopic (exact) mass is 253 g/mol. The minimum absolute atomic E-state index is 0.0377. The molecule has 18 heavy (non-hydrogen) atoms. The third kappa shape index (κ3) is 4.92. The summed E-state index contributed by atoms with van der Waals surface area (Å²) in [5.74, 6) is 0.182. The van der Waals surface area contributed by atoms with Crippen molar-refractivity contribution in [2.45, 2.75) is 45.3 Å². The molecule has 1 N–H and O–H groups in total. The smallest absolute Gasteiger partial charge is 0.407 e. The molecule has 5 nitrogen and oxygen atoms in total. The summed E-state index contributed by atoms with van der Waals surface area (Å²) >= 11 is 0. The fourth-order valence-electron chi connectivity index (χ4n) is 2.19. The Morgan fingerprint density at radius 3 is 2.78 bits per heavy atom. The van der Waals surface area contributed by atoms with E-state index in [0.29, 0.717) is 6.42 Å². The molecule has 0 aromatic carbocycles.